The molecule has 6 heteroatoms. The number of carboxylic acid groups (broad SMARTS) is 1. The Kier molecular flexibility index (Phi) is 2.63. The van der Waals surface area contributed by atoms with Crippen molar-refractivity contribution in [2.75, 3.05) is 0 Å². The molecular formula is C11H10FN3O2. The van der Waals surface area contributed by atoms with Crippen LogP contribution in [-0.2, 0) is 0 Å². The predicted molar refractivity (Wildman–Crippen MR) is 57.8 cm³/mol. The van der Waals surface area contributed by atoms with Gasteiger partial charge in [-0.15, -0.1) is 5.10 Å². The largest absolute Gasteiger partial charge is 0.476 e. The van der Waals surface area contributed by atoms with E-state index in [1.165, 1.54) is 17.7 Å². The molecule has 0 spiro atoms. The Morgan fingerprint density at radius 3 is 2.71 bits per heavy atom. The fourth-order valence-corrected chi connectivity index (χ4v) is 1.54. The first kappa shape index (κ1) is 11.3. The normalized spacial score (nSPS) is 10.5. The monoisotopic (exact) mass is 235 g/mol. The number of carboxylic acids is 1. The highest BCUT2D eigenvalue weighted by Crippen LogP contribution is 2.17. The number of aryl methyl sites for hydroxylation is 1. The Morgan fingerprint density at radius 1 is 1.41 bits per heavy atom. The summed E-state index contributed by atoms with van der Waals surface area (Å²) in [5.41, 5.74) is 1.17. The highest BCUT2D eigenvalue weighted by molar-refractivity contribution is 5.86. The number of hydrogen-bond acceptors (Lipinski definition) is 3. The molecule has 0 radical (unpaired) electrons. The first-order chi connectivity index (χ1) is 8.00. The topological polar surface area (TPSA) is 68.0 Å². The van der Waals surface area contributed by atoms with Crippen LogP contribution in [0.1, 0.15) is 21.7 Å². The molecule has 0 saturated heterocycles. The second kappa shape index (κ2) is 3.97. The van der Waals surface area contributed by atoms with E-state index < -0.39 is 11.8 Å². The van der Waals surface area contributed by atoms with Crippen LogP contribution in [0.25, 0.3) is 5.69 Å². The first-order valence-corrected chi connectivity index (χ1v) is 4.93. The van der Waals surface area contributed by atoms with Crippen molar-refractivity contribution in [3.05, 3.63) is 41.0 Å². The van der Waals surface area contributed by atoms with Crippen molar-refractivity contribution in [2.45, 2.75) is 13.8 Å². The summed E-state index contributed by atoms with van der Waals surface area (Å²) in [7, 11) is 0. The summed E-state index contributed by atoms with van der Waals surface area (Å²) in [6.07, 6.45) is 0. The summed E-state index contributed by atoms with van der Waals surface area (Å²) in [5.74, 6) is -1.65. The van der Waals surface area contributed by atoms with Gasteiger partial charge in [-0.25, -0.2) is 13.9 Å². The zero-order valence-corrected chi connectivity index (χ0v) is 9.31. The van der Waals surface area contributed by atoms with E-state index in [4.69, 9.17) is 5.11 Å². The molecule has 1 heterocycles. The summed E-state index contributed by atoms with van der Waals surface area (Å²) in [5, 5.41) is 16.0. The molecular weight excluding hydrogens is 225 g/mol. The zero-order valence-electron chi connectivity index (χ0n) is 9.31. The van der Waals surface area contributed by atoms with Crippen molar-refractivity contribution in [1.29, 1.82) is 0 Å². The lowest BCUT2D eigenvalue weighted by Crippen LogP contribution is -2.04. The third-order valence-corrected chi connectivity index (χ3v) is 2.43. The van der Waals surface area contributed by atoms with Crippen LogP contribution in [0.5, 0.6) is 0 Å². The molecule has 0 unspecified atom stereocenters. The summed E-state index contributed by atoms with van der Waals surface area (Å²) in [6.45, 7) is 3.35. The second-order valence-corrected chi connectivity index (χ2v) is 3.70. The van der Waals surface area contributed by atoms with Gasteiger partial charge in [0.15, 0.2) is 5.69 Å². The van der Waals surface area contributed by atoms with E-state index in [-0.39, 0.29) is 11.4 Å². The van der Waals surface area contributed by atoms with Crippen molar-refractivity contribution in [1.82, 2.24) is 15.0 Å². The minimum absolute atomic E-state index is 0.175. The number of rotatable bonds is 2. The highest BCUT2D eigenvalue weighted by Gasteiger charge is 2.17. The molecule has 17 heavy (non-hydrogen) atoms. The minimum atomic E-state index is -1.18. The lowest BCUT2D eigenvalue weighted by atomic mass is 10.2. The summed E-state index contributed by atoms with van der Waals surface area (Å²) >= 11 is 0. The van der Waals surface area contributed by atoms with E-state index in [2.05, 4.69) is 10.3 Å². The van der Waals surface area contributed by atoms with Gasteiger partial charge >= 0.3 is 5.97 Å². The van der Waals surface area contributed by atoms with E-state index in [9.17, 15) is 9.18 Å². The summed E-state index contributed by atoms with van der Waals surface area (Å²) in [4.78, 5) is 10.8. The molecule has 0 aliphatic heterocycles. The fraction of sp³-hybridized carbons (Fsp3) is 0.182. The molecule has 88 valence electrons. The molecule has 0 aliphatic carbocycles. The quantitative estimate of drug-likeness (QED) is 0.860. The van der Waals surface area contributed by atoms with Gasteiger partial charge in [0.1, 0.15) is 11.5 Å². The highest BCUT2D eigenvalue weighted by atomic mass is 19.1. The second-order valence-electron chi connectivity index (χ2n) is 3.70. The Hall–Kier alpha value is -2.24. The van der Waals surface area contributed by atoms with Gasteiger partial charge in [0.05, 0.1) is 5.69 Å². The SMILES string of the molecule is Cc1ccc(F)c(-n2nnc(C(=O)O)c2C)c1. The minimum Gasteiger partial charge on any atom is -0.476 e. The predicted octanol–water partition coefficient (Wildman–Crippen LogP) is 1.72. The number of carbonyl (C=O) groups is 1. The number of aromatic carboxylic acids is 1. The third-order valence-electron chi connectivity index (χ3n) is 2.43. The Morgan fingerprint density at radius 2 is 2.12 bits per heavy atom. The van der Waals surface area contributed by atoms with Gasteiger partial charge < -0.3 is 5.11 Å². The van der Waals surface area contributed by atoms with E-state index in [0.29, 0.717) is 5.69 Å². The van der Waals surface area contributed by atoms with Crippen LogP contribution in [0.3, 0.4) is 0 Å². The van der Waals surface area contributed by atoms with Crippen LogP contribution < -0.4 is 0 Å². The van der Waals surface area contributed by atoms with Gasteiger partial charge in [-0.1, -0.05) is 11.3 Å². The van der Waals surface area contributed by atoms with Crippen LogP contribution in [0.4, 0.5) is 4.39 Å². The lowest BCUT2D eigenvalue weighted by Gasteiger charge is -2.05. The van der Waals surface area contributed by atoms with Crippen LogP contribution in [0.2, 0.25) is 0 Å². The molecule has 0 saturated carbocycles. The molecule has 0 bridgehead atoms. The molecule has 2 rings (SSSR count). The number of hydrogen-bond donors (Lipinski definition) is 1. The fourth-order valence-electron chi connectivity index (χ4n) is 1.54. The maximum atomic E-state index is 13.6. The number of halogens is 1. The van der Waals surface area contributed by atoms with Crippen molar-refractivity contribution < 1.29 is 14.3 Å². The molecule has 1 N–H and O–H groups in total. The van der Waals surface area contributed by atoms with Gasteiger partial charge in [0.2, 0.25) is 0 Å². The molecule has 0 atom stereocenters. The Labute approximate surface area is 96.5 Å². The van der Waals surface area contributed by atoms with Gasteiger partial charge in [-0.3, -0.25) is 0 Å². The van der Waals surface area contributed by atoms with Gasteiger partial charge in [-0.2, -0.15) is 0 Å². The molecule has 2 aromatic rings. The van der Waals surface area contributed by atoms with Gasteiger partial charge in [0, 0.05) is 0 Å². The number of nitrogens with zero attached hydrogens (tertiary/aromatic N) is 3. The van der Waals surface area contributed by atoms with E-state index in [1.807, 2.05) is 6.92 Å². The van der Waals surface area contributed by atoms with Crippen molar-refractivity contribution in [2.24, 2.45) is 0 Å². The standard InChI is InChI=1S/C11H10FN3O2/c1-6-3-4-8(12)9(5-6)15-7(2)10(11(16)17)13-14-15/h3-5H,1-2H3,(H,16,17). The van der Waals surface area contributed by atoms with Gasteiger partial charge in [-0.05, 0) is 31.5 Å². The molecule has 1 aromatic heterocycles. The molecule has 0 amide bonds. The van der Waals surface area contributed by atoms with Crippen molar-refractivity contribution in [3.8, 4) is 5.69 Å². The zero-order chi connectivity index (χ0) is 12.6. The van der Waals surface area contributed by atoms with E-state index in [0.717, 1.165) is 5.56 Å². The van der Waals surface area contributed by atoms with E-state index >= 15 is 0 Å². The summed E-state index contributed by atoms with van der Waals surface area (Å²) < 4.78 is 14.8. The van der Waals surface area contributed by atoms with Gasteiger partial charge in [0.25, 0.3) is 0 Å². The number of benzene rings is 1. The average Bonchev–Trinajstić information content (AvgIpc) is 2.64. The molecule has 0 aliphatic rings. The van der Waals surface area contributed by atoms with Crippen molar-refractivity contribution >= 4 is 5.97 Å². The van der Waals surface area contributed by atoms with Crippen LogP contribution in [0, 0.1) is 19.7 Å². The maximum Gasteiger partial charge on any atom is 0.358 e. The van der Waals surface area contributed by atoms with Crippen LogP contribution >= 0.6 is 0 Å². The molecule has 0 fully saturated rings. The third kappa shape index (κ3) is 1.89. The van der Waals surface area contributed by atoms with Crippen LogP contribution in [-0.4, -0.2) is 26.1 Å². The first-order valence-electron chi connectivity index (χ1n) is 4.93. The van der Waals surface area contributed by atoms with E-state index in [1.54, 1.807) is 12.1 Å². The Balaban J connectivity index is 2.61. The number of aromatic nitrogens is 3. The Bertz CT molecular complexity index is 592. The lowest BCUT2D eigenvalue weighted by molar-refractivity contribution is 0.0689. The average molecular weight is 235 g/mol. The maximum absolute atomic E-state index is 13.6. The smallest absolute Gasteiger partial charge is 0.358 e. The van der Waals surface area contributed by atoms with Crippen LogP contribution in [0.15, 0.2) is 18.2 Å². The van der Waals surface area contributed by atoms with Crippen molar-refractivity contribution in [3.63, 3.8) is 0 Å². The molecule has 1 aromatic carbocycles. The molecule has 5 nitrogen and oxygen atoms in total. The summed E-state index contributed by atoms with van der Waals surface area (Å²) in [6, 6.07) is 4.53.